The van der Waals surface area contributed by atoms with Crippen molar-refractivity contribution in [2.75, 3.05) is 7.11 Å². The smallest absolute Gasteiger partial charge is 0.419 e. The number of para-hydroxylation sites is 2. The van der Waals surface area contributed by atoms with Crippen molar-refractivity contribution in [1.82, 2.24) is 9.55 Å². The molecule has 2 aromatic heterocycles. The minimum atomic E-state index is -0.523. The molecule has 0 saturated heterocycles. The Hall–Kier alpha value is -10.2. The maximum atomic E-state index is 12.8. The fraction of sp³-hybridized carbons (Fsp3) is 0.327. The van der Waals surface area contributed by atoms with Crippen molar-refractivity contribution in [3.63, 3.8) is 0 Å². The number of nitrogens with zero attached hydrogens (tertiary/aromatic N) is 3. The first-order valence-electron chi connectivity index (χ1n) is 37.7. The third kappa shape index (κ3) is 25.6. The van der Waals surface area contributed by atoms with E-state index in [0.29, 0.717) is 47.0 Å². The summed E-state index contributed by atoms with van der Waals surface area (Å²) in [6.45, 7) is 42.7. The highest BCUT2D eigenvalue weighted by Gasteiger charge is 2.23. The molecule has 0 amide bonds. The van der Waals surface area contributed by atoms with Crippen LogP contribution in [0.15, 0.2) is 249 Å². The molecule has 0 spiro atoms. The number of benzene rings is 10. The molecule has 0 aliphatic rings. The lowest BCUT2D eigenvalue weighted by atomic mass is 9.96. The van der Waals surface area contributed by atoms with Gasteiger partial charge >= 0.3 is 12.1 Å². The van der Waals surface area contributed by atoms with E-state index in [0.717, 1.165) is 38.4 Å². The molecule has 7 nitrogen and oxygen atoms in total. The molecule has 0 radical (unpaired) electrons. The Morgan fingerprint density at radius 1 is 0.438 bits per heavy atom. The van der Waals surface area contributed by atoms with Crippen LogP contribution in [-0.4, -0.2) is 34.3 Å². The van der Waals surface area contributed by atoms with Gasteiger partial charge in [-0.15, -0.1) is 0 Å². The van der Waals surface area contributed by atoms with Gasteiger partial charge < -0.3 is 9.47 Å². The van der Waals surface area contributed by atoms with Gasteiger partial charge in [-0.2, -0.15) is 5.26 Å². The Morgan fingerprint density at radius 3 is 1.42 bits per heavy atom. The zero-order valence-electron chi connectivity index (χ0n) is 66.8. The van der Waals surface area contributed by atoms with Gasteiger partial charge in [0.25, 0.3) is 0 Å². The van der Waals surface area contributed by atoms with Crippen LogP contribution in [0.1, 0.15) is 250 Å². The Balaban J connectivity index is 0.000000194. The van der Waals surface area contributed by atoms with Gasteiger partial charge in [-0.3, -0.25) is 4.98 Å². The summed E-state index contributed by atoms with van der Waals surface area (Å²) in [4.78, 5) is 28.3. The molecule has 0 aliphatic carbocycles. The Labute approximate surface area is 630 Å². The van der Waals surface area contributed by atoms with E-state index in [1.54, 1.807) is 4.57 Å². The van der Waals surface area contributed by atoms with E-state index in [1.807, 2.05) is 107 Å². The maximum Gasteiger partial charge on any atom is 0.419 e. The fourth-order valence-electron chi connectivity index (χ4n) is 12.3. The molecular formula is C98H117N3O4. The number of unbranched alkanes of at least 4 members (excludes halogenated alkanes) is 1. The lowest BCUT2D eigenvalue weighted by Gasteiger charge is -2.20. The van der Waals surface area contributed by atoms with E-state index in [1.165, 1.54) is 104 Å². The second-order valence-electron chi connectivity index (χ2n) is 30.2. The molecule has 0 N–H and O–H groups in total. The predicted octanol–water partition coefficient (Wildman–Crippen LogP) is 28.1. The van der Waals surface area contributed by atoms with Crippen LogP contribution < -0.4 is 0 Å². The van der Waals surface area contributed by atoms with Crippen molar-refractivity contribution in [1.29, 1.82) is 5.26 Å². The van der Waals surface area contributed by atoms with Crippen LogP contribution >= 0.6 is 0 Å². The average molecular weight is 1400 g/mol. The second kappa shape index (κ2) is 41.4. The van der Waals surface area contributed by atoms with E-state index in [-0.39, 0.29) is 12.1 Å². The lowest BCUT2D eigenvalue weighted by Crippen LogP contribution is -2.27. The number of hydrogen-bond acceptors (Lipinski definition) is 6. The normalized spacial score (nSPS) is 10.9. The third-order valence-corrected chi connectivity index (χ3v) is 18.4. The number of hydrogen-bond donors (Lipinski definition) is 0. The van der Waals surface area contributed by atoms with Crippen molar-refractivity contribution < 1.29 is 19.1 Å². The molecule has 7 heteroatoms. The summed E-state index contributed by atoms with van der Waals surface area (Å²) in [7, 11) is 1.40. The van der Waals surface area contributed by atoms with Gasteiger partial charge in [0.1, 0.15) is 5.60 Å². The predicted molar refractivity (Wildman–Crippen MR) is 449 cm³/mol. The zero-order valence-corrected chi connectivity index (χ0v) is 66.8. The Kier molecular flexibility index (Phi) is 33.0. The number of carbonyl (C=O) groups is 2. The van der Waals surface area contributed by atoms with Gasteiger partial charge in [-0.1, -0.05) is 304 Å². The van der Waals surface area contributed by atoms with Crippen LogP contribution in [0.3, 0.4) is 0 Å². The first-order valence-corrected chi connectivity index (χ1v) is 37.7. The van der Waals surface area contributed by atoms with E-state index < -0.39 is 5.60 Å². The summed E-state index contributed by atoms with van der Waals surface area (Å²) in [5, 5.41) is 12.1. The Morgan fingerprint density at radius 2 is 0.905 bits per heavy atom. The largest absolute Gasteiger partial charge is 0.465 e. The summed E-state index contributed by atoms with van der Waals surface area (Å²) in [5.74, 6) is 3.57. The monoisotopic (exact) mass is 1400 g/mol. The molecule has 0 aliphatic heterocycles. The number of esters is 1. The van der Waals surface area contributed by atoms with Crippen molar-refractivity contribution in [3.8, 4) is 28.3 Å². The third-order valence-electron chi connectivity index (χ3n) is 18.4. The van der Waals surface area contributed by atoms with Gasteiger partial charge in [-0.05, 0) is 215 Å². The van der Waals surface area contributed by atoms with Gasteiger partial charge in [-0.25, -0.2) is 14.2 Å². The number of rotatable bonds is 13. The minimum Gasteiger partial charge on any atom is -0.465 e. The van der Waals surface area contributed by atoms with E-state index in [9.17, 15) is 9.59 Å². The SMILES string of the molecule is CC(C)c1ccc(-c2ccccc2)cc1.CC(C)c1ccc2c3ccccc3n(C(=O)OC(C)(C)C)c2c1.CC(C)c1cccc(-c2ccccc2)c1.CC(C)c1ccnc2ccccc12.CCCCc1ccc(C(C)C)cc1.COC(=O)c1ccc(C(C)C)c(C)c1.Cc1cc(C#N)ccc1C(C)C. The van der Waals surface area contributed by atoms with Crippen molar-refractivity contribution in [2.45, 2.75) is 205 Å². The summed E-state index contributed by atoms with van der Waals surface area (Å²) in [5.41, 5.74) is 22.2. The molecule has 12 rings (SSSR count). The summed E-state index contributed by atoms with van der Waals surface area (Å²) in [6.07, 6.45) is 5.38. The highest BCUT2D eigenvalue weighted by Crippen LogP contribution is 2.33. The van der Waals surface area contributed by atoms with Crippen LogP contribution in [-0.2, 0) is 15.9 Å². The molecule has 0 saturated carbocycles. The van der Waals surface area contributed by atoms with Crippen LogP contribution in [0.25, 0.3) is 55.0 Å². The highest BCUT2D eigenvalue weighted by molar-refractivity contribution is 6.12. The molecule has 0 fully saturated rings. The molecule has 12 aromatic rings. The van der Waals surface area contributed by atoms with Crippen LogP contribution in [0.4, 0.5) is 4.79 Å². The van der Waals surface area contributed by atoms with Crippen LogP contribution in [0, 0.1) is 25.2 Å². The molecule has 0 unspecified atom stereocenters. The zero-order chi connectivity index (χ0) is 76.9. The summed E-state index contributed by atoms with van der Waals surface area (Å²) < 4.78 is 12.0. The van der Waals surface area contributed by atoms with Crippen molar-refractivity contribution in [2.24, 2.45) is 0 Å². The Bertz CT molecular complexity index is 4670. The minimum absolute atomic E-state index is 0.275. The maximum absolute atomic E-state index is 12.8. The standard InChI is InChI=1S/C20H23NO2.2C15H16.C13H20.C12H13N.C12H16O2.C11H13N/c1-13(2)14-10-11-16-15-8-6-7-9-17(15)21(18(16)12-14)19(22)23-20(3,4)5;1-12(2)14-9-6-10-15(11-14)13-7-4-3-5-8-13;1-12(2)13-8-10-15(11-9-13)14-6-4-3-5-7-14;1-4-5-6-12-7-9-13(10-8-12)11(2)3;1-9(2)10-7-8-13-12-6-4-3-5-11(10)12;1-8(2)11-6-5-10(7-9(11)3)12(13)14-4;1-8(2)11-5-4-10(7-12)6-9(11)3/h6-13H,1-5H3;2*3-12H,1-2H3;7-11H,4-6H2,1-3H3;3-9H,1-2H3;5-8H,1-4H3;4-6,8H,1-3H3. The van der Waals surface area contributed by atoms with Crippen molar-refractivity contribution >= 4 is 44.8 Å². The number of fused-ring (bicyclic) bond motifs is 4. The fourth-order valence-corrected chi connectivity index (χ4v) is 12.3. The molecular weight excluding hydrogens is 1280 g/mol. The number of nitriles is 1. The van der Waals surface area contributed by atoms with Gasteiger partial charge in [0, 0.05) is 22.4 Å². The van der Waals surface area contributed by atoms with E-state index >= 15 is 0 Å². The molecule has 10 aromatic carbocycles. The lowest BCUT2D eigenvalue weighted by molar-refractivity contribution is 0.0549. The molecule has 105 heavy (non-hydrogen) atoms. The number of pyridine rings is 1. The summed E-state index contributed by atoms with van der Waals surface area (Å²) in [6, 6.07) is 86.0. The van der Waals surface area contributed by atoms with Crippen molar-refractivity contribution in [3.05, 3.63) is 316 Å². The topological polar surface area (TPSA) is 94.2 Å². The number of methoxy groups -OCH3 is 1. The molecule has 0 atom stereocenters. The second-order valence-corrected chi connectivity index (χ2v) is 30.2. The first kappa shape index (κ1) is 83.8. The van der Waals surface area contributed by atoms with E-state index in [2.05, 4.69) is 296 Å². The number of aromatic nitrogens is 2. The quantitative estimate of drug-likeness (QED) is 0.107. The molecule has 548 valence electrons. The highest BCUT2D eigenvalue weighted by atomic mass is 16.6. The average Bonchev–Trinajstić information content (AvgIpc) is 1.60. The van der Waals surface area contributed by atoms with Gasteiger partial charge in [0.2, 0.25) is 0 Å². The molecule has 0 bridgehead atoms. The number of carbonyl (C=O) groups excluding carboxylic acids is 2. The first-order chi connectivity index (χ1) is 50.0. The van der Waals surface area contributed by atoms with Gasteiger partial charge in [0.15, 0.2) is 0 Å². The van der Waals surface area contributed by atoms with Crippen LogP contribution in [0.5, 0.6) is 0 Å². The number of ether oxygens (including phenoxy) is 2. The van der Waals surface area contributed by atoms with Crippen LogP contribution in [0.2, 0.25) is 0 Å². The number of aryl methyl sites for hydroxylation is 3. The summed E-state index contributed by atoms with van der Waals surface area (Å²) >= 11 is 0. The molecule has 2 heterocycles. The van der Waals surface area contributed by atoms with Gasteiger partial charge in [0.05, 0.1) is 40.9 Å². The van der Waals surface area contributed by atoms with E-state index in [4.69, 9.17) is 10.00 Å².